The molecule has 2 heterocycles. The summed E-state index contributed by atoms with van der Waals surface area (Å²) < 4.78 is 25.9. The highest BCUT2D eigenvalue weighted by atomic mass is 19.1. The van der Waals surface area contributed by atoms with Gasteiger partial charge < -0.3 is 15.2 Å². The monoisotopic (exact) mass is 395 g/mol. The first-order chi connectivity index (χ1) is 13.2. The Morgan fingerprint density at radius 1 is 1.25 bits per heavy atom. The molecule has 0 radical (unpaired) electrons. The third-order valence-electron chi connectivity index (χ3n) is 5.96. The first-order valence-electron chi connectivity index (χ1n) is 9.90. The van der Waals surface area contributed by atoms with Crippen molar-refractivity contribution in [2.45, 2.75) is 53.1 Å². The van der Waals surface area contributed by atoms with Crippen LogP contribution >= 0.6 is 0 Å². The van der Waals surface area contributed by atoms with Crippen LogP contribution in [0.25, 0.3) is 0 Å². The minimum Gasteiger partial charge on any atom is -0.487 e. The summed E-state index contributed by atoms with van der Waals surface area (Å²) in [5, 5.41) is 0. The predicted molar refractivity (Wildman–Crippen MR) is 104 cm³/mol. The van der Waals surface area contributed by atoms with E-state index < -0.39 is 17.1 Å². The van der Waals surface area contributed by atoms with Crippen molar-refractivity contribution in [2.24, 2.45) is 11.1 Å². The number of hydrogen-bond acceptors (Lipinski definition) is 4. The second-order valence-electron chi connectivity index (χ2n) is 7.86. The summed E-state index contributed by atoms with van der Waals surface area (Å²) in [6.07, 6.45) is 1.31. The number of fused-ring (bicyclic) bond motifs is 1. The molecule has 2 atom stereocenters. The molecule has 3 rings (SSSR count). The summed E-state index contributed by atoms with van der Waals surface area (Å²) in [5.41, 5.74) is 5.14. The van der Waals surface area contributed by atoms with Crippen LogP contribution in [0, 0.1) is 11.2 Å². The molecule has 2 aliphatic heterocycles. The zero-order valence-electron chi connectivity index (χ0n) is 17.5. The maximum atomic E-state index is 14.7. The molecule has 2 N–H and O–H groups in total. The van der Waals surface area contributed by atoms with E-state index >= 15 is 0 Å². The highest BCUT2D eigenvalue weighted by Crippen LogP contribution is 2.39. The molecule has 1 aromatic carbocycles. The van der Waals surface area contributed by atoms with Crippen LogP contribution in [0.1, 0.15) is 56.5 Å². The fourth-order valence-corrected chi connectivity index (χ4v) is 3.82. The minimum atomic E-state index is -0.712. The summed E-state index contributed by atoms with van der Waals surface area (Å²) in [4.78, 5) is 24.9. The number of carbonyl (C=O) groups is 2. The molecule has 0 aliphatic carbocycles. The van der Waals surface area contributed by atoms with E-state index in [1.54, 1.807) is 0 Å². The van der Waals surface area contributed by atoms with Gasteiger partial charge in [0.05, 0.1) is 18.0 Å². The maximum absolute atomic E-state index is 14.7. The molecule has 156 valence electrons. The average Bonchev–Trinajstić information content (AvgIpc) is 2.81. The van der Waals surface area contributed by atoms with Crippen molar-refractivity contribution >= 4 is 11.8 Å². The Morgan fingerprint density at radius 3 is 2.43 bits per heavy atom. The summed E-state index contributed by atoms with van der Waals surface area (Å²) in [7, 11) is 1.84. The van der Waals surface area contributed by atoms with E-state index in [4.69, 9.17) is 15.2 Å². The topological polar surface area (TPSA) is 78.6 Å². The fourth-order valence-electron chi connectivity index (χ4n) is 3.82. The molecule has 7 heteroatoms. The van der Waals surface area contributed by atoms with Gasteiger partial charge in [0.25, 0.3) is 0 Å². The molecule has 2 aliphatic rings. The van der Waals surface area contributed by atoms with Gasteiger partial charge in [-0.05, 0) is 38.8 Å². The van der Waals surface area contributed by atoms with Gasteiger partial charge in [0.2, 0.25) is 5.91 Å². The van der Waals surface area contributed by atoms with E-state index in [-0.39, 0.29) is 40.9 Å². The van der Waals surface area contributed by atoms with E-state index in [0.29, 0.717) is 31.6 Å². The first kappa shape index (κ1) is 22.3. The van der Waals surface area contributed by atoms with E-state index in [0.717, 1.165) is 6.07 Å². The summed E-state index contributed by atoms with van der Waals surface area (Å²) in [5.74, 6) is -0.920. The maximum Gasteiger partial charge on any atom is 0.320 e. The number of carbonyl (C=O) groups excluding carboxylic acids is 2. The van der Waals surface area contributed by atoms with Crippen molar-refractivity contribution in [2.75, 3.05) is 26.9 Å². The van der Waals surface area contributed by atoms with Crippen LogP contribution < -0.4 is 10.5 Å². The van der Waals surface area contributed by atoms with Gasteiger partial charge in [0, 0.05) is 18.8 Å². The lowest BCUT2D eigenvalue weighted by Crippen LogP contribution is -2.61. The van der Waals surface area contributed by atoms with Crippen LogP contribution in [-0.4, -0.2) is 49.2 Å². The first-order valence-corrected chi connectivity index (χ1v) is 9.90. The molecule has 1 fully saturated rings. The summed E-state index contributed by atoms with van der Waals surface area (Å²) in [6.45, 7) is 9.44. The number of halogens is 1. The Kier molecular flexibility index (Phi) is 6.83. The van der Waals surface area contributed by atoms with Gasteiger partial charge in [-0.3, -0.25) is 9.28 Å². The summed E-state index contributed by atoms with van der Waals surface area (Å²) >= 11 is 0. The Bertz CT molecular complexity index is 746. The van der Waals surface area contributed by atoms with Crippen molar-refractivity contribution < 1.29 is 27.9 Å². The highest BCUT2D eigenvalue weighted by Gasteiger charge is 2.51. The largest absolute Gasteiger partial charge is 0.487 e. The van der Waals surface area contributed by atoms with Crippen molar-refractivity contribution in [1.29, 1.82) is 0 Å². The van der Waals surface area contributed by atoms with Gasteiger partial charge in [0.1, 0.15) is 30.8 Å². The predicted octanol–water partition coefficient (Wildman–Crippen LogP) is 3.02. The third kappa shape index (κ3) is 4.05. The third-order valence-corrected chi connectivity index (χ3v) is 5.96. The molecule has 2 amide bonds. The zero-order valence-corrected chi connectivity index (χ0v) is 17.5. The molecule has 0 spiro atoms. The van der Waals surface area contributed by atoms with Crippen molar-refractivity contribution in [3.05, 3.63) is 29.1 Å². The van der Waals surface area contributed by atoms with Gasteiger partial charge in [0.15, 0.2) is 0 Å². The lowest BCUT2D eigenvalue weighted by molar-refractivity contribution is -0.874. The van der Waals surface area contributed by atoms with E-state index in [1.807, 2.05) is 34.7 Å². The Balaban J connectivity index is 0.00000136. The average molecular weight is 395 g/mol. The Hall–Kier alpha value is -1.99. The normalized spacial score (nSPS) is 26.0. The van der Waals surface area contributed by atoms with Crippen molar-refractivity contribution in [3.8, 4) is 5.75 Å². The number of nitrogens with zero attached hydrogens (tertiary/aromatic N) is 1. The van der Waals surface area contributed by atoms with Crippen LogP contribution in [0.4, 0.5) is 4.39 Å². The molecule has 1 saturated heterocycles. The molecule has 2 unspecified atom stereocenters. The van der Waals surface area contributed by atoms with Gasteiger partial charge in [-0.15, -0.1) is 0 Å². The number of likely N-dealkylation sites (N-methyl/N-ethyl adjacent to an activating group) is 1. The van der Waals surface area contributed by atoms with E-state index in [1.165, 1.54) is 6.07 Å². The number of ether oxygens (including phenoxy) is 2. The second-order valence-corrected chi connectivity index (χ2v) is 7.86. The fraction of sp³-hybridized carbons (Fsp3) is 0.619. The number of quaternary nitrogens is 1. The lowest BCUT2D eigenvalue weighted by atomic mass is 9.79. The molecule has 0 aromatic heterocycles. The van der Waals surface area contributed by atoms with Crippen LogP contribution in [0.15, 0.2) is 12.1 Å². The quantitative estimate of drug-likeness (QED) is 0.781. The van der Waals surface area contributed by atoms with Gasteiger partial charge in [-0.25, -0.2) is 9.18 Å². The number of amides is 2. The van der Waals surface area contributed by atoms with Gasteiger partial charge in [-0.2, -0.15) is 0 Å². The number of benzene rings is 1. The van der Waals surface area contributed by atoms with E-state index in [2.05, 4.69) is 0 Å². The molecule has 0 bridgehead atoms. The molecule has 1 aromatic rings. The number of hydrogen-bond donors (Lipinski definition) is 1. The van der Waals surface area contributed by atoms with Crippen LogP contribution in [-0.2, 0) is 16.1 Å². The Labute approximate surface area is 166 Å². The van der Waals surface area contributed by atoms with Crippen LogP contribution in [0.3, 0.4) is 0 Å². The zero-order chi connectivity index (χ0) is 21.1. The SMILES string of the molecule is CC.CC1COc2cc(C(N)=O)cc(F)c2C[N+]1(C)C(=O)C1(C)CCOCC1. The Morgan fingerprint density at radius 2 is 1.86 bits per heavy atom. The highest BCUT2D eigenvalue weighted by molar-refractivity contribution is 5.93. The molecule has 0 saturated carbocycles. The second kappa shape index (κ2) is 8.57. The lowest BCUT2D eigenvalue weighted by Gasteiger charge is -2.42. The van der Waals surface area contributed by atoms with E-state index in [9.17, 15) is 14.0 Å². The van der Waals surface area contributed by atoms with Crippen LogP contribution in [0.2, 0.25) is 0 Å². The molecule has 6 nitrogen and oxygen atoms in total. The van der Waals surface area contributed by atoms with Crippen molar-refractivity contribution in [1.82, 2.24) is 0 Å². The van der Waals surface area contributed by atoms with Crippen molar-refractivity contribution in [3.63, 3.8) is 0 Å². The number of rotatable bonds is 2. The molecule has 28 heavy (non-hydrogen) atoms. The molecular weight excluding hydrogens is 363 g/mol. The van der Waals surface area contributed by atoms with Gasteiger partial charge in [-0.1, -0.05) is 13.8 Å². The van der Waals surface area contributed by atoms with Crippen LogP contribution in [0.5, 0.6) is 5.75 Å². The number of nitrogens with two attached hydrogens (primary N) is 1. The minimum absolute atomic E-state index is 0.0519. The smallest absolute Gasteiger partial charge is 0.320 e. The number of primary amides is 1. The summed E-state index contributed by atoms with van der Waals surface area (Å²) in [6, 6.07) is 2.42. The van der Waals surface area contributed by atoms with Gasteiger partial charge >= 0.3 is 5.91 Å². The molecular formula is C21H32FN2O4+. The standard InChI is InChI=1S/C19H25FN2O4.C2H6/c1-12-11-26-16-9-13(17(21)23)8-15(20)14(16)10-22(12,3)18(24)19(2)4-6-25-7-5-19;1-2/h8-9,12H,4-7,10-11H2,1-3H3,(H-,21,23);1-2H3/p+1.